The maximum Gasteiger partial charge on any atom is 0.248 e. The van der Waals surface area contributed by atoms with E-state index in [1.54, 1.807) is 12.1 Å². The first kappa shape index (κ1) is 15.4. The van der Waals surface area contributed by atoms with Gasteiger partial charge in [-0.1, -0.05) is 12.1 Å². The van der Waals surface area contributed by atoms with Crippen LogP contribution in [0.15, 0.2) is 48.5 Å². The van der Waals surface area contributed by atoms with Crippen LogP contribution in [-0.2, 0) is 6.54 Å². The van der Waals surface area contributed by atoms with Gasteiger partial charge in [0.25, 0.3) is 0 Å². The zero-order valence-corrected chi connectivity index (χ0v) is 13.1. The lowest BCUT2D eigenvalue weighted by molar-refractivity contribution is 0.100. The van der Waals surface area contributed by atoms with Crippen LogP contribution in [0.4, 0.5) is 5.69 Å². The molecule has 1 aliphatic rings. The zero-order valence-electron chi connectivity index (χ0n) is 13.1. The van der Waals surface area contributed by atoms with Crippen LogP contribution in [0.25, 0.3) is 0 Å². The minimum Gasteiger partial charge on any atom is -0.490 e. The molecule has 2 aromatic rings. The number of anilines is 1. The van der Waals surface area contributed by atoms with Gasteiger partial charge in [0, 0.05) is 17.8 Å². The first-order chi connectivity index (χ1) is 11.2. The number of benzene rings is 2. The highest BCUT2D eigenvalue weighted by atomic mass is 16.5. The molecule has 3 rings (SSSR count). The highest BCUT2D eigenvalue weighted by molar-refractivity contribution is 5.93. The van der Waals surface area contributed by atoms with E-state index in [9.17, 15) is 4.79 Å². The third-order valence-corrected chi connectivity index (χ3v) is 4.17. The molecule has 1 fully saturated rings. The van der Waals surface area contributed by atoms with Gasteiger partial charge in [0.1, 0.15) is 5.75 Å². The molecule has 120 valence electrons. The molecule has 0 heterocycles. The quantitative estimate of drug-likeness (QED) is 0.854. The zero-order chi connectivity index (χ0) is 16.1. The Balaban J connectivity index is 1.58. The van der Waals surface area contributed by atoms with Crippen molar-refractivity contribution < 1.29 is 9.53 Å². The van der Waals surface area contributed by atoms with Crippen molar-refractivity contribution in [3.63, 3.8) is 0 Å². The number of rotatable bonds is 6. The van der Waals surface area contributed by atoms with Crippen molar-refractivity contribution in [3.05, 3.63) is 59.7 Å². The van der Waals surface area contributed by atoms with Gasteiger partial charge in [0.2, 0.25) is 5.91 Å². The number of carbonyl (C=O) groups is 1. The molecule has 0 unspecified atom stereocenters. The van der Waals surface area contributed by atoms with Crippen molar-refractivity contribution in [1.29, 1.82) is 0 Å². The van der Waals surface area contributed by atoms with E-state index in [0.29, 0.717) is 18.2 Å². The fourth-order valence-electron chi connectivity index (χ4n) is 2.88. The van der Waals surface area contributed by atoms with Crippen LogP contribution in [0, 0.1) is 0 Å². The van der Waals surface area contributed by atoms with E-state index in [4.69, 9.17) is 10.5 Å². The SMILES string of the molecule is NC(=O)c1ccc(NCc2cccc(OC3CCCC3)c2)cc1. The van der Waals surface area contributed by atoms with Gasteiger partial charge < -0.3 is 15.8 Å². The Kier molecular flexibility index (Phi) is 4.81. The van der Waals surface area contributed by atoms with Crippen LogP contribution < -0.4 is 15.8 Å². The molecule has 23 heavy (non-hydrogen) atoms. The summed E-state index contributed by atoms with van der Waals surface area (Å²) in [5, 5.41) is 3.34. The first-order valence-corrected chi connectivity index (χ1v) is 8.10. The summed E-state index contributed by atoms with van der Waals surface area (Å²) in [7, 11) is 0. The van der Waals surface area contributed by atoms with E-state index in [1.807, 2.05) is 24.3 Å². The molecular formula is C19H22N2O2. The van der Waals surface area contributed by atoms with Gasteiger partial charge in [-0.15, -0.1) is 0 Å². The summed E-state index contributed by atoms with van der Waals surface area (Å²) in [5.41, 5.74) is 7.88. The van der Waals surface area contributed by atoms with Gasteiger partial charge in [-0.05, 0) is 67.6 Å². The van der Waals surface area contributed by atoms with Crippen LogP contribution >= 0.6 is 0 Å². The van der Waals surface area contributed by atoms with Gasteiger partial charge >= 0.3 is 0 Å². The Hall–Kier alpha value is -2.49. The molecule has 0 aromatic heterocycles. The predicted octanol–water partition coefficient (Wildman–Crippen LogP) is 3.72. The average molecular weight is 310 g/mol. The van der Waals surface area contributed by atoms with Crippen molar-refractivity contribution in [1.82, 2.24) is 0 Å². The summed E-state index contributed by atoms with van der Waals surface area (Å²) in [4.78, 5) is 11.1. The second-order valence-corrected chi connectivity index (χ2v) is 5.97. The topological polar surface area (TPSA) is 64.4 Å². The molecule has 0 radical (unpaired) electrons. The third-order valence-electron chi connectivity index (χ3n) is 4.17. The Bertz CT molecular complexity index is 661. The molecule has 0 saturated heterocycles. The smallest absolute Gasteiger partial charge is 0.248 e. The Morgan fingerprint density at radius 2 is 1.87 bits per heavy atom. The van der Waals surface area contributed by atoms with Crippen molar-refractivity contribution in [2.45, 2.75) is 38.3 Å². The molecule has 0 aliphatic heterocycles. The van der Waals surface area contributed by atoms with E-state index in [0.717, 1.165) is 24.3 Å². The van der Waals surface area contributed by atoms with Gasteiger partial charge in [0.15, 0.2) is 0 Å². The van der Waals surface area contributed by atoms with Crippen molar-refractivity contribution >= 4 is 11.6 Å². The monoisotopic (exact) mass is 310 g/mol. The molecule has 2 aromatic carbocycles. The molecule has 0 spiro atoms. The minimum absolute atomic E-state index is 0.375. The molecule has 0 atom stereocenters. The Morgan fingerprint density at radius 3 is 2.57 bits per heavy atom. The van der Waals surface area contributed by atoms with Crippen molar-refractivity contribution in [3.8, 4) is 5.75 Å². The van der Waals surface area contributed by atoms with E-state index < -0.39 is 5.91 Å². The molecule has 4 heteroatoms. The summed E-state index contributed by atoms with van der Waals surface area (Å²) in [6.45, 7) is 0.706. The van der Waals surface area contributed by atoms with Gasteiger partial charge in [-0.2, -0.15) is 0 Å². The molecule has 1 aliphatic carbocycles. The third kappa shape index (κ3) is 4.25. The van der Waals surface area contributed by atoms with Gasteiger partial charge in [0.05, 0.1) is 6.10 Å². The van der Waals surface area contributed by atoms with Crippen LogP contribution in [-0.4, -0.2) is 12.0 Å². The Morgan fingerprint density at radius 1 is 1.13 bits per heavy atom. The molecule has 0 bridgehead atoms. The Labute approximate surface area is 136 Å². The summed E-state index contributed by atoms with van der Waals surface area (Å²) in [6, 6.07) is 15.4. The second kappa shape index (κ2) is 7.18. The first-order valence-electron chi connectivity index (χ1n) is 8.10. The van der Waals surface area contributed by atoms with Crippen LogP contribution in [0.2, 0.25) is 0 Å². The number of ether oxygens (including phenoxy) is 1. The number of carbonyl (C=O) groups excluding carboxylic acids is 1. The summed E-state index contributed by atoms with van der Waals surface area (Å²) >= 11 is 0. The summed E-state index contributed by atoms with van der Waals surface area (Å²) in [6.07, 6.45) is 5.24. The average Bonchev–Trinajstić information content (AvgIpc) is 3.07. The second-order valence-electron chi connectivity index (χ2n) is 5.97. The molecule has 3 N–H and O–H groups in total. The van der Waals surface area contributed by atoms with E-state index in [-0.39, 0.29) is 0 Å². The van der Waals surface area contributed by atoms with Crippen molar-refractivity contribution in [2.75, 3.05) is 5.32 Å². The predicted molar refractivity (Wildman–Crippen MR) is 91.6 cm³/mol. The lowest BCUT2D eigenvalue weighted by atomic mass is 10.1. The standard InChI is InChI=1S/C19H22N2O2/c20-19(22)15-8-10-16(11-9-15)21-13-14-4-3-7-18(12-14)23-17-5-1-2-6-17/h3-4,7-12,17,21H,1-2,5-6,13H2,(H2,20,22). The fourth-order valence-corrected chi connectivity index (χ4v) is 2.88. The summed E-state index contributed by atoms with van der Waals surface area (Å²) < 4.78 is 6.03. The lowest BCUT2D eigenvalue weighted by Crippen LogP contribution is -2.11. The number of nitrogens with two attached hydrogens (primary N) is 1. The number of hydrogen-bond acceptors (Lipinski definition) is 3. The van der Waals surface area contributed by atoms with Gasteiger partial charge in [-0.25, -0.2) is 0 Å². The normalized spacial score (nSPS) is 14.6. The number of nitrogens with one attached hydrogen (secondary N) is 1. The number of primary amides is 1. The lowest BCUT2D eigenvalue weighted by Gasteiger charge is -2.14. The maximum absolute atomic E-state index is 11.1. The highest BCUT2D eigenvalue weighted by Crippen LogP contribution is 2.24. The van der Waals surface area contributed by atoms with Crippen LogP contribution in [0.3, 0.4) is 0 Å². The van der Waals surface area contributed by atoms with Crippen LogP contribution in [0.5, 0.6) is 5.75 Å². The molecule has 1 saturated carbocycles. The number of hydrogen-bond donors (Lipinski definition) is 2. The minimum atomic E-state index is -0.409. The van der Waals surface area contributed by atoms with E-state index in [1.165, 1.54) is 18.4 Å². The van der Waals surface area contributed by atoms with Gasteiger partial charge in [-0.3, -0.25) is 4.79 Å². The summed E-state index contributed by atoms with van der Waals surface area (Å²) in [5.74, 6) is 0.536. The molecule has 4 nitrogen and oxygen atoms in total. The van der Waals surface area contributed by atoms with E-state index in [2.05, 4.69) is 17.4 Å². The van der Waals surface area contributed by atoms with Crippen LogP contribution in [0.1, 0.15) is 41.6 Å². The van der Waals surface area contributed by atoms with Crippen molar-refractivity contribution in [2.24, 2.45) is 5.73 Å². The largest absolute Gasteiger partial charge is 0.490 e. The fraction of sp³-hybridized carbons (Fsp3) is 0.316. The molecular weight excluding hydrogens is 288 g/mol. The highest BCUT2D eigenvalue weighted by Gasteiger charge is 2.16. The number of amides is 1. The molecule has 1 amide bonds. The maximum atomic E-state index is 11.1. The van der Waals surface area contributed by atoms with E-state index >= 15 is 0 Å².